The van der Waals surface area contributed by atoms with E-state index in [1.165, 1.54) is 0 Å². The van der Waals surface area contributed by atoms with Crippen molar-refractivity contribution < 1.29 is 8.42 Å². The van der Waals surface area contributed by atoms with E-state index in [0.29, 0.717) is 0 Å². The Balaban J connectivity index is 3.24. The summed E-state index contributed by atoms with van der Waals surface area (Å²) in [5.74, 6) is -0.108. The summed E-state index contributed by atoms with van der Waals surface area (Å²) in [5.41, 5.74) is 5.27. The second kappa shape index (κ2) is 2.74. The van der Waals surface area contributed by atoms with Crippen molar-refractivity contribution in [3.05, 3.63) is 6.33 Å². The van der Waals surface area contributed by atoms with Gasteiger partial charge >= 0.3 is 0 Å². The molecule has 1 heterocycles. The monoisotopic (exact) mass is 190 g/mol. The molecule has 0 bridgehead atoms. The molecule has 0 radical (unpaired) electrons. The molecule has 0 spiro atoms. The summed E-state index contributed by atoms with van der Waals surface area (Å²) in [7, 11) is -3.45. The van der Waals surface area contributed by atoms with Gasteiger partial charge in [0.05, 0.1) is 5.25 Å². The van der Waals surface area contributed by atoms with Gasteiger partial charge in [0.2, 0.25) is 5.95 Å². The molecule has 0 atom stereocenters. The van der Waals surface area contributed by atoms with Gasteiger partial charge in [0.15, 0.2) is 0 Å². The molecule has 0 unspecified atom stereocenters. The molecule has 0 aliphatic rings. The van der Waals surface area contributed by atoms with Gasteiger partial charge in [-0.2, -0.15) is 4.98 Å². The summed E-state index contributed by atoms with van der Waals surface area (Å²) in [6, 6.07) is 0. The fourth-order valence-corrected chi connectivity index (χ4v) is 1.52. The van der Waals surface area contributed by atoms with Crippen molar-refractivity contribution in [2.45, 2.75) is 19.1 Å². The third-order valence-electron chi connectivity index (χ3n) is 1.38. The highest BCUT2D eigenvalue weighted by atomic mass is 32.2. The lowest BCUT2D eigenvalue weighted by Crippen LogP contribution is -2.24. The SMILES string of the molecule is CC(C)S(=O)(=O)n1ncnc1N. The van der Waals surface area contributed by atoms with E-state index in [1.54, 1.807) is 13.8 Å². The van der Waals surface area contributed by atoms with Crippen LogP contribution in [0.4, 0.5) is 5.95 Å². The first-order valence-electron chi connectivity index (χ1n) is 3.36. The number of hydrogen-bond acceptors (Lipinski definition) is 5. The second-order valence-corrected chi connectivity index (χ2v) is 4.87. The normalized spacial score (nSPS) is 12.2. The lowest BCUT2D eigenvalue weighted by atomic mass is 10.6. The van der Waals surface area contributed by atoms with Crippen molar-refractivity contribution in [1.82, 2.24) is 14.2 Å². The summed E-state index contributed by atoms with van der Waals surface area (Å²) in [6.07, 6.45) is 1.11. The highest BCUT2D eigenvalue weighted by molar-refractivity contribution is 7.90. The summed E-state index contributed by atoms with van der Waals surface area (Å²) in [6.45, 7) is 3.10. The number of nitrogens with two attached hydrogens (primary N) is 1. The predicted octanol–water partition coefficient (Wildman–Crippen LogP) is -0.553. The molecule has 68 valence electrons. The Morgan fingerprint density at radius 2 is 2.17 bits per heavy atom. The Hall–Kier alpha value is -1.11. The summed E-state index contributed by atoms with van der Waals surface area (Å²) in [4.78, 5) is 3.52. The minimum atomic E-state index is -3.45. The number of nitrogens with zero attached hydrogens (tertiary/aromatic N) is 3. The van der Waals surface area contributed by atoms with Gasteiger partial charge in [0.25, 0.3) is 10.0 Å². The smallest absolute Gasteiger partial charge is 0.259 e. The van der Waals surface area contributed by atoms with E-state index in [-0.39, 0.29) is 5.95 Å². The first-order valence-corrected chi connectivity index (χ1v) is 4.86. The molecule has 0 aliphatic heterocycles. The lowest BCUT2D eigenvalue weighted by molar-refractivity contribution is 0.572. The van der Waals surface area contributed by atoms with Crippen LogP contribution >= 0.6 is 0 Å². The topological polar surface area (TPSA) is 90.9 Å². The molecule has 1 rings (SSSR count). The van der Waals surface area contributed by atoms with Crippen LogP contribution in [0, 0.1) is 0 Å². The van der Waals surface area contributed by atoms with Crippen LogP contribution in [-0.2, 0) is 10.0 Å². The zero-order valence-corrected chi connectivity index (χ0v) is 7.61. The van der Waals surface area contributed by atoms with Crippen molar-refractivity contribution in [2.75, 3.05) is 5.73 Å². The zero-order chi connectivity index (χ0) is 9.35. The largest absolute Gasteiger partial charge is 0.367 e. The molecule has 0 aromatic carbocycles. The predicted molar refractivity (Wildman–Crippen MR) is 43.9 cm³/mol. The van der Waals surface area contributed by atoms with Crippen LogP contribution in [0.15, 0.2) is 6.33 Å². The molecule has 0 saturated carbocycles. The first kappa shape index (κ1) is 8.98. The standard InChI is InChI=1S/C5H10N4O2S/c1-4(2)12(10,11)9-5(6)7-3-8-9/h3-4H,1-2H3,(H2,6,7,8). The Morgan fingerprint density at radius 1 is 1.58 bits per heavy atom. The van der Waals surface area contributed by atoms with E-state index in [2.05, 4.69) is 10.1 Å². The molecule has 0 saturated heterocycles. The van der Waals surface area contributed by atoms with Crippen LogP contribution in [0.2, 0.25) is 0 Å². The highest BCUT2D eigenvalue weighted by Gasteiger charge is 2.21. The third-order valence-corrected chi connectivity index (χ3v) is 3.33. The van der Waals surface area contributed by atoms with Crippen molar-refractivity contribution in [2.24, 2.45) is 0 Å². The Bertz CT molecular complexity index is 367. The quantitative estimate of drug-likeness (QED) is 0.675. The van der Waals surface area contributed by atoms with E-state index in [0.717, 1.165) is 10.4 Å². The van der Waals surface area contributed by atoms with Gasteiger partial charge in [-0.25, -0.2) is 8.42 Å². The average Bonchev–Trinajstić information content (AvgIpc) is 2.35. The van der Waals surface area contributed by atoms with Crippen LogP contribution in [0.1, 0.15) is 13.8 Å². The zero-order valence-electron chi connectivity index (χ0n) is 6.80. The van der Waals surface area contributed by atoms with Gasteiger partial charge in [-0.1, -0.05) is 0 Å². The van der Waals surface area contributed by atoms with Crippen molar-refractivity contribution in [3.8, 4) is 0 Å². The van der Waals surface area contributed by atoms with E-state index < -0.39 is 15.3 Å². The maximum Gasteiger partial charge on any atom is 0.259 e. The summed E-state index contributed by atoms with van der Waals surface area (Å²) in [5, 5.41) is 2.95. The maximum atomic E-state index is 11.4. The van der Waals surface area contributed by atoms with Crippen LogP contribution in [0.3, 0.4) is 0 Å². The molecular weight excluding hydrogens is 180 g/mol. The molecule has 0 fully saturated rings. The molecule has 2 N–H and O–H groups in total. The molecule has 7 heteroatoms. The molecule has 0 aliphatic carbocycles. The number of anilines is 1. The minimum Gasteiger partial charge on any atom is -0.367 e. The fourth-order valence-electron chi connectivity index (χ4n) is 0.636. The van der Waals surface area contributed by atoms with Crippen LogP contribution in [0.5, 0.6) is 0 Å². The first-order chi connectivity index (χ1) is 5.46. The number of hydrogen-bond donors (Lipinski definition) is 1. The molecule has 6 nitrogen and oxygen atoms in total. The molecule has 1 aromatic rings. The highest BCUT2D eigenvalue weighted by Crippen LogP contribution is 2.06. The number of nitrogen functional groups attached to an aromatic ring is 1. The van der Waals surface area contributed by atoms with E-state index >= 15 is 0 Å². The van der Waals surface area contributed by atoms with Gasteiger partial charge in [-0.15, -0.1) is 9.19 Å². The lowest BCUT2D eigenvalue weighted by Gasteiger charge is -2.06. The molecule has 0 amide bonds. The van der Waals surface area contributed by atoms with E-state index in [4.69, 9.17) is 5.73 Å². The third kappa shape index (κ3) is 1.27. The van der Waals surface area contributed by atoms with Crippen LogP contribution in [0.25, 0.3) is 0 Å². The fraction of sp³-hybridized carbons (Fsp3) is 0.600. The van der Waals surface area contributed by atoms with Crippen molar-refractivity contribution in [3.63, 3.8) is 0 Å². The van der Waals surface area contributed by atoms with E-state index in [1.807, 2.05) is 0 Å². The van der Waals surface area contributed by atoms with Gasteiger partial charge < -0.3 is 5.73 Å². The Kier molecular flexibility index (Phi) is 2.05. The molecule has 1 aromatic heterocycles. The van der Waals surface area contributed by atoms with Crippen LogP contribution < -0.4 is 5.73 Å². The summed E-state index contributed by atoms with van der Waals surface area (Å²) < 4.78 is 23.5. The minimum absolute atomic E-state index is 0.108. The number of aromatic nitrogens is 3. The van der Waals surface area contributed by atoms with Crippen molar-refractivity contribution >= 4 is 16.0 Å². The number of rotatable bonds is 2. The Morgan fingerprint density at radius 3 is 2.50 bits per heavy atom. The van der Waals surface area contributed by atoms with E-state index in [9.17, 15) is 8.42 Å². The molecular formula is C5H10N4O2S. The maximum absolute atomic E-state index is 11.4. The van der Waals surface area contributed by atoms with Gasteiger partial charge in [-0.05, 0) is 13.8 Å². The van der Waals surface area contributed by atoms with Crippen molar-refractivity contribution in [1.29, 1.82) is 0 Å². The van der Waals surface area contributed by atoms with Gasteiger partial charge in [-0.3, -0.25) is 0 Å². The van der Waals surface area contributed by atoms with Gasteiger partial charge in [0.1, 0.15) is 6.33 Å². The summed E-state index contributed by atoms with van der Waals surface area (Å²) >= 11 is 0. The average molecular weight is 190 g/mol. The molecule has 12 heavy (non-hydrogen) atoms. The second-order valence-electron chi connectivity index (χ2n) is 2.55. The Labute approximate surface area is 70.5 Å². The van der Waals surface area contributed by atoms with Gasteiger partial charge in [0, 0.05) is 0 Å². The van der Waals surface area contributed by atoms with Crippen LogP contribution in [-0.4, -0.2) is 27.8 Å².